The Morgan fingerprint density at radius 1 is 1.40 bits per heavy atom. The fourth-order valence-electron chi connectivity index (χ4n) is 0.521. The van der Waals surface area contributed by atoms with Gasteiger partial charge in [0, 0.05) is 14.2 Å². The van der Waals surface area contributed by atoms with Crippen LogP contribution in [0.3, 0.4) is 0 Å². The maximum atomic E-state index is 11.2. The van der Waals surface area contributed by atoms with Gasteiger partial charge in [-0.05, 0) is 12.2 Å². The fraction of sp³-hybridized carbons (Fsp3) is 1.00. The maximum Gasteiger partial charge on any atom is 0.330 e. The highest BCUT2D eigenvalue weighted by Gasteiger charge is 2.18. The van der Waals surface area contributed by atoms with Gasteiger partial charge in [-0.1, -0.05) is 0 Å². The molecule has 0 aromatic heterocycles. The number of hydrogen-bond donors (Lipinski definition) is 1. The molecule has 0 amide bonds. The number of thiol groups is 1. The quantitative estimate of drug-likeness (QED) is 0.522. The minimum atomic E-state index is -2.75. The molecule has 0 aromatic carbocycles. The third-order valence-corrected chi connectivity index (χ3v) is 3.44. The van der Waals surface area contributed by atoms with Crippen LogP contribution in [0.5, 0.6) is 0 Å². The highest BCUT2D eigenvalue weighted by Crippen LogP contribution is 2.46. The van der Waals surface area contributed by atoms with E-state index in [9.17, 15) is 4.57 Å². The van der Waals surface area contributed by atoms with E-state index in [4.69, 9.17) is 0 Å². The zero-order valence-electron chi connectivity index (χ0n) is 6.24. The number of rotatable bonds is 5. The monoisotopic (exact) mass is 184 g/mol. The van der Waals surface area contributed by atoms with Crippen molar-refractivity contribution in [2.75, 3.05) is 26.1 Å². The highest BCUT2D eigenvalue weighted by molar-refractivity contribution is 7.80. The Hall–Kier alpha value is 0.500. The van der Waals surface area contributed by atoms with Gasteiger partial charge >= 0.3 is 7.60 Å². The molecule has 62 valence electrons. The molecule has 0 atom stereocenters. The van der Waals surface area contributed by atoms with Crippen molar-refractivity contribution >= 4 is 20.2 Å². The molecule has 0 spiro atoms. The normalized spacial score (nSPS) is 11.9. The van der Waals surface area contributed by atoms with E-state index >= 15 is 0 Å². The van der Waals surface area contributed by atoms with Crippen LogP contribution in [-0.2, 0) is 13.6 Å². The number of hydrogen-bond acceptors (Lipinski definition) is 4. The van der Waals surface area contributed by atoms with Crippen LogP contribution in [0.15, 0.2) is 0 Å². The molecule has 0 aromatic rings. The third-order valence-electron chi connectivity index (χ3n) is 1.15. The Kier molecular flexibility index (Phi) is 5.45. The van der Waals surface area contributed by atoms with Crippen LogP contribution in [0.2, 0.25) is 0 Å². The van der Waals surface area contributed by atoms with Gasteiger partial charge < -0.3 is 9.05 Å². The topological polar surface area (TPSA) is 35.5 Å². The molecular weight excluding hydrogens is 171 g/mol. The van der Waals surface area contributed by atoms with Crippen molar-refractivity contribution in [1.29, 1.82) is 0 Å². The van der Waals surface area contributed by atoms with Gasteiger partial charge in [-0.25, -0.2) is 0 Å². The first-order valence-electron chi connectivity index (χ1n) is 3.00. The molecule has 0 radical (unpaired) electrons. The summed E-state index contributed by atoms with van der Waals surface area (Å²) < 4.78 is 20.6. The van der Waals surface area contributed by atoms with Gasteiger partial charge in [0.15, 0.2) is 0 Å². The molecule has 3 nitrogen and oxygen atoms in total. The largest absolute Gasteiger partial charge is 0.330 e. The zero-order valence-corrected chi connectivity index (χ0v) is 8.03. The Balaban J connectivity index is 3.70. The molecule has 0 aliphatic carbocycles. The summed E-state index contributed by atoms with van der Waals surface area (Å²) in [5, 5.41) is 0. The van der Waals surface area contributed by atoms with Gasteiger partial charge in [-0.15, -0.1) is 0 Å². The van der Waals surface area contributed by atoms with Gasteiger partial charge in [-0.2, -0.15) is 12.6 Å². The molecule has 0 aliphatic heterocycles. The van der Waals surface area contributed by atoms with Gasteiger partial charge in [0.2, 0.25) is 0 Å². The lowest BCUT2D eigenvalue weighted by atomic mass is 10.6. The maximum absolute atomic E-state index is 11.2. The average Bonchev–Trinajstić information content (AvgIpc) is 2.00. The Morgan fingerprint density at radius 3 is 2.20 bits per heavy atom. The molecule has 0 N–H and O–H groups in total. The Bertz CT molecular complexity index is 120. The second-order valence-electron chi connectivity index (χ2n) is 1.78. The SMILES string of the molecule is COP(=O)(CCCS)OC. The predicted molar refractivity (Wildman–Crippen MR) is 45.0 cm³/mol. The second kappa shape index (κ2) is 5.19. The predicted octanol–water partition coefficient (Wildman–Crippen LogP) is 1.79. The summed E-state index contributed by atoms with van der Waals surface area (Å²) in [6.07, 6.45) is 1.20. The molecule has 5 heteroatoms. The lowest BCUT2D eigenvalue weighted by molar-refractivity contribution is 0.276. The average molecular weight is 184 g/mol. The van der Waals surface area contributed by atoms with Gasteiger partial charge in [0.25, 0.3) is 0 Å². The van der Waals surface area contributed by atoms with Gasteiger partial charge in [0.1, 0.15) is 0 Å². The summed E-state index contributed by atoms with van der Waals surface area (Å²) in [6.45, 7) is 0. The minimum absolute atomic E-state index is 0.448. The van der Waals surface area contributed by atoms with Crippen molar-refractivity contribution in [2.24, 2.45) is 0 Å². The summed E-state index contributed by atoms with van der Waals surface area (Å²) in [4.78, 5) is 0. The van der Waals surface area contributed by atoms with Crippen molar-refractivity contribution in [3.63, 3.8) is 0 Å². The second-order valence-corrected chi connectivity index (χ2v) is 4.62. The van der Waals surface area contributed by atoms with Crippen molar-refractivity contribution in [1.82, 2.24) is 0 Å². The van der Waals surface area contributed by atoms with E-state index in [0.717, 1.165) is 6.42 Å². The summed E-state index contributed by atoms with van der Waals surface area (Å²) in [7, 11) is 0.0368. The summed E-state index contributed by atoms with van der Waals surface area (Å²) in [6, 6.07) is 0. The van der Waals surface area contributed by atoms with Crippen LogP contribution in [0.1, 0.15) is 6.42 Å². The van der Waals surface area contributed by atoms with Crippen LogP contribution in [0.25, 0.3) is 0 Å². The standard InChI is InChI=1S/C5H13O3PS/c1-7-9(6,8-2)4-3-5-10/h10H,3-5H2,1-2H3. The molecule has 0 saturated carbocycles. The Morgan fingerprint density at radius 2 is 1.90 bits per heavy atom. The first-order chi connectivity index (χ1) is 4.68. The van der Waals surface area contributed by atoms with Crippen LogP contribution < -0.4 is 0 Å². The fourth-order valence-corrected chi connectivity index (χ4v) is 1.99. The molecule has 0 rings (SSSR count). The molecule has 0 unspecified atom stereocenters. The van der Waals surface area contributed by atoms with Crippen LogP contribution >= 0.6 is 20.2 Å². The third kappa shape index (κ3) is 3.62. The molecule has 0 aliphatic rings. The van der Waals surface area contributed by atoms with E-state index in [1.54, 1.807) is 0 Å². The van der Waals surface area contributed by atoms with E-state index in [-0.39, 0.29) is 0 Å². The van der Waals surface area contributed by atoms with Crippen molar-refractivity contribution in [3.05, 3.63) is 0 Å². The van der Waals surface area contributed by atoms with E-state index in [2.05, 4.69) is 21.7 Å². The first-order valence-corrected chi connectivity index (χ1v) is 5.36. The van der Waals surface area contributed by atoms with E-state index in [1.165, 1.54) is 14.2 Å². The van der Waals surface area contributed by atoms with Crippen molar-refractivity contribution in [2.45, 2.75) is 6.42 Å². The minimum Gasteiger partial charge on any atom is -0.312 e. The van der Waals surface area contributed by atoms with E-state index < -0.39 is 7.60 Å². The lowest BCUT2D eigenvalue weighted by Gasteiger charge is -2.11. The highest BCUT2D eigenvalue weighted by atomic mass is 32.1. The van der Waals surface area contributed by atoms with Crippen LogP contribution in [0.4, 0.5) is 0 Å². The molecule has 0 bridgehead atoms. The Labute approximate surface area is 67.0 Å². The van der Waals surface area contributed by atoms with Crippen LogP contribution in [-0.4, -0.2) is 26.1 Å². The van der Waals surface area contributed by atoms with Crippen molar-refractivity contribution in [3.8, 4) is 0 Å². The zero-order chi connectivity index (χ0) is 8.04. The van der Waals surface area contributed by atoms with E-state index in [0.29, 0.717) is 11.9 Å². The smallest absolute Gasteiger partial charge is 0.312 e. The molecule has 10 heavy (non-hydrogen) atoms. The molecule has 0 saturated heterocycles. The molecule has 0 fully saturated rings. The summed E-state index contributed by atoms with van der Waals surface area (Å²) in [5.74, 6) is 0.705. The van der Waals surface area contributed by atoms with E-state index in [1.807, 2.05) is 0 Å². The molecule has 0 heterocycles. The summed E-state index contributed by atoms with van der Waals surface area (Å²) in [5.41, 5.74) is 0. The van der Waals surface area contributed by atoms with Crippen LogP contribution in [0, 0.1) is 0 Å². The van der Waals surface area contributed by atoms with Gasteiger partial charge in [-0.3, -0.25) is 4.57 Å². The van der Waals surface area contributed by atoms with Gasteiger partial charge in [0.05, 0.1) is 6.16 Å². The first kappa shape index (κ1) is 10.5. The molecular formula is C5H13O3PS. The lowest BCUT2D eigenvalue weighted by Crippen LogP contribution is -1.94. The summed E-state index contributed by atoms with van der Waals surface area (Å²) >= 11 is 3.98. The van der Waals surface area contributed by atoms with Crippen molar-refractivity contribution < 1.29 is 13.6 Å².